The van der Waals surface area contributed by atoms with Crippen molar-refractivity contribution < 1.29 is 13.9 Å². The highest BCUT2D eigenvalue weighted by molar-refractivity contribution is 5.77. The Bertz CT molecular complexity index is 1220. The van der Waals surface area contributed by atoms with Gasteiger partial charge in [0.25, 0.3) is 0 Å². The van der Waals surface area contributed by atoms with Crippen LogP contribution in [0, 0.1) is 5.82 Å². The number of nitrogens with zero attached hydrogens (tertiary/aromatic N) is 4. The summed E-state index contributed by atoms with van der Waals surface area (Å²) in [6.45, 7) is 1.36. The molecule has 2 aromatic carbocycles. The van der Waals surface area contributed by atoms with Crippen molar-refractivity contribution in [2.75, 3.05) is 19.7 Å². The average Bonchev–Trinajstić information content (AvgIpc) is 3.26. The van der Waals surface area contributed by atoms with Crippen LogP contribution in [-0.4, -0.2) is 50.4 Å². The molecule has 32 heavy (non-hydrogen) atoms. The molecular formula is C24H22FN5O2. The number of para-hydroxylation sites is 2. The normalized spacial score (nSPS) is 16.4. The van der Waals surface area contributed by atoms with E-state index >= 15 is 0 Å². The Morgan fingerprint density at radius 3 is 2.94 bits per heavy atom. The number of hydrogen-bond acceptors (Lipinski definition) is 5. The molecule has 162 valence electrons. The summed E-state index contributed by atoms with van der Waals surface area (Å²) >= 11 is 0. The van der Waals surface area contributed by atoms with E-state index in [1.54, 1.807) is 29.4 Å². The quantitative estimate of drug-likeness (QED) is 0.521. The first-order chi connectivity index (χ1) is 15.7. The Hall–Kier alpha value is -3.65. The van der Waals surface area contributed by atoms with Crippen molar-refractivity contribution in [3.8, 4) is 11.3 Å². The van der Waals surface area contributed by atoms with E-state index < -0.39 is 0 Å². The monoisotopic (exact) mass is 431 g/mol. The molecule has 3 heterocycles. The number of morpholine rings is 1. The summed E-state index contributed by atoms with van der Waals surface area (Å²) in [5, 5.41) is 0. The second-order valence-corrected chi connectivity index (χ2v) is 7.74. The Morgan fingerprint density at radius 1 is 1.16 bits per heavy atom. The fourth-order valence-electron chi connectivity index (χ4n) is 3.89. The number of amides is 1. The molecule has 0 unspecified atom stereocenters. The maximum atomic E-state index is 13.6. The molecule has 0 radical (unpaired) electrons. The molecule has 4 aromatic rings. The van der Waals surface area contributed by atoms with Gasteiger partial charge in [-0.05, 0) is 24.3 Å². The van der Waals surface area contributed by atoms with E-state index in [2.05, 4.69) is 19.9 Å². The number of carbonyl (C=O) groups is 1. The van der Waals surface area contributed by atoms with Crippen molar-refractivity contribution in [2.24, 2.45) is 0 Å². The molecule has 0 aliphatic carbocycles. The fourth-order valence-corrected chi connectivity index (χ4v) is 3.89. The number of halogens is 1. The highest BCUT2D eigenvalue weighted by atomic mass is 19.1. The van der Waals surface area contributed by atoms with Gasteiger partial charge in [-0.15, -0.1) is 0 Å². The van der Waals surface area contributed by atoms with Crippen LogP contribution < -0.4 is 0 Å². The number of hydrogen-bond donors (Lipinski definition) is 1. The molecule has 1 N–H and O–H groups in total. The minimum Gasteiger partial charge on any atom is -0.368 e. The van der Waals surface area contributed by atoms with Gasteiger partial charge in [0.15, 0.2) is 0 Å². The summed E-state index contributed by atoms with van der Waals surface area (Å²) in [6.07, 6.45) is 3.76. The number of rotatable bonds is 5. The lowest BCUT2D eigenvalue weighted by Crippen LogP contribution is -2.42. The number of aromatic amines is 1. The Morgan fingerprint density at radius 2 is 2.06 bits per heavy atom. The van der Waals surface area contributed by atoms with Crippen molar-refractivity contribution in [1.29, 1.82) is 0 Å². The number of imidazole rings is 1. The zero-order valence-corrected chi connectivity index (χ0v) is 17.4. The molecule has 7 nitrogen and oxygen atoms in total. The van der Waals surface area contributed by atoms with Gasteiger partial charge in [0.05, 0.1) is 48.0 Å². The van der Waals surface area contributed by atoms with Gasteiger partial charge in [-0.25, -0.2) is 14.4 Å². The van der Waals surface area contributed by atoms with Gasteiger partial charge < -0.3 is 14.6 Å². The van der Waals surface area contributed by atoms with E-state index in [1.165, 1.54) is 12.1 Å². The Kier molecular flexibility index (Phi) is 5.60. The maximum Gasteiger partial charge on any atom is 0.223 e. The highest BCUT2D eigenvalue weighted by Crippen LogP contribution is 2.24. The van der Waals surface area contributed by atoms with E-state index in [1.807, 2.05) is 24.3 Å². The second kappa shape index (κ2) is 8.84. The predicted molar refractivity (Wildman–Crippen MR) is 117 cm³/mol. The van der Waals surface area contributed by atoms with Crippen LogP contribution in [0.2, 0.25) is 0 Å². The SMILES string of the molecule is O=C(CCc1nc2ccccc2[nH]1)N1CCO[C@H](c2cncc(-c3cccc(F)c3)n2)C1. The summed E-state index contributed by atoms with van der Waals surface area (Å²) in [5.41, 5.74) is 3.71. The number of aromatic nitrogens is 4. The van der Waals surface area contributed by atoms with Crippen LogP contribution in [-0.2, 0) is 16.0 Å². The molecule has 1 saturated heterocycles. The summed E-state index contributed by atoms with van der Waals surface area (Å²) in [6, 6.07) is 14.0. The molecule has 5 rings (SSSR count). The molecule has 0 spiro atoms. The van der Waals surface area contributed by atoms with E-state index in [0.717, 1.165) is 16.9 Å². The van der Waals surface area contributed by atoms with E-state index in [-0.39, 0.29) is 17.8 Å². The standard InChI is InChI=1S/C24H22FN5O2/c25-17-5-3-4-16(12-17)20-13-26-14-21(27-20)22-15-30(10-11-32-22)24(31)9-8-23-28-18-6-1-2-7-19(18)29-23/h1-7,12-14,22H,8-11,15H2,(H,28,29)/t22-/m0/s1. The third-order valence-electron chi connectivity index (χ3n) is 5.54. The van der Waals surface area contributed by atoms with Gasteiger partial charge in [-0.2, -0.15) is 0 Å². The van der Waals surface area contributed by atoms with Crippen molar-refractivity contribution in [3.05, 3.63) is 78.3 Å². The van der Waals surface area contributed by atoms with Crippen LogP contribution in [0.25, 0.3) is 22.3 Å². The zero-order valence-electron chi connectivity index (χ0n) is 17.4. The summed E-state index contributed by atoms with van der Waals surface area (Å²) in [7, 11) is 0. The van der Waals surface area contributed by atoms with Crippen LogP contribution in [0.1, 0.15) is 24.0 Å². The number of aryl methyl sites for hydroxylation is 1. The molecule has 1 aliphatic rings. The first-order valence-corrected chi connectivity index (χ1v) is 10.6. The number of benzene rings is 2. The smallest absolute Gasteiger partial charge is 0.223 e. The molecule has 0 saturated carbocycles. The van der Waals surface area contributed by atoms with Gasteiger partial charge in [-0.3, -0.25) is 9.78 Å². The number of H-pyrrole nitrogens is 1. The first kappa shape index (κ1) is 20.3. The molecule has 1 amide bonds. The van der Waals surface area contributed by atoms with Crippen molar-refractivity contribution in [3.63, 3.8) is 0 Å². The van der Waals surface area contributed by atoms with Crippen LogP contribution >= 0.6 is 0 Å². The summed E-state index contributed by atoms with van der Waals surface area (Å²) in [4.78, 5) is 31.3. The van der Waals surface area contributed by atoms with Gasteiger partial charge in [0, 0.05) is 24.9 Å². The van der Waals surface area contributed by atoms with Crippen LogP contribution in [0.5, 0.6) is 0 Å². The van der Waals surface area contributed by atoms with E-state index in [9.17, 15) is 9.18 Å². The van der Waals surface area contributed by atoms with E-state index in [0.29, 0.717) is 49.5 Å². The van der Waals surface area contributed by atoms with Crippen LogP contribution in [0.15, 0.2) is 60.9 Å². The number of nitrogens with one attached hydrogen (secondary N) is 1. The number of fused-ring (bicyclic) bond motifs is 1. The first-order valence-electron chi connectivity index (χ1n) is 10.6. The minimum absolute atomic E-state index is 0.0491. The highest BCUT2D eigenvalue weighted by Gasteiger charge is 2.27. The molecule has 0 bridgehead atoms. The van der Waals surface area contributed by atoms with Gasteiger partial charge in [0.2, 0.25) is 5.91 Å². The molecular weight excluding hydrogens is 409 g/mol. The topological polar surface area (TPSA) is 84.0 Å². The van der Waals surface area contributed by atoms with E-state index in [4.69, 9.17) is 4.74 Å². The summed E-state index contributed by atoms with van der Waals surface area (Å²) < 4.78 is 19.5. The third-order valence-corrected chi connectivity index (χ3v) is 5.54. The third kappa shape index (κ3) is 4.36. The minimum atomic E-state index is -0.375. The van der Waals surface area contributed by atoms with Crippen molar-refractivity contribution >= 4 is 16.9 Å². The van der Waals surface area contributed by atoms with Gasteiger partial charge >= 0.3 is 0 Å². The maximum absolute atomic E-state index is 13.6. The zero-order chi connectivity index (χ0) is 21.9. The van der Waals surface area contributed by atoms with Crippen molar-refractivity contribution in [2.45, 2.75) is 18.9 Å². The van der Waals surface area contributed by atoms with Crippen molar-refractivity contribution in [1.82, 2.24) is 24.8 Å². The molecule has 8 heteroatoms. The molecule has 1 aliphatic heterocycles. The lowest BCUT2D eigenvalue weighted by atomic mass is 10.1. The lowest BCUT2D eigenvalue weighted by molar-refractivity contribution is -0.139. The number of ether oxygens (including phenoxy) is 1. The number of carbonyl (C=O) groups excluding carboxylic acids is 1. The Labute approximate surface area is 184 Å². The van der Waals surface area contributed by atoms with Crippen LogP contribution in [0.4, 0.5) is 4.39 Å². The lowest BCUT2D eigenvalue weighted by Gasteiger charge is -2.32. The second-order valence-electron chi connectivity index (χ2n) is 7.74. The van der Waals surface area contributed by atoms with Crippen LogP contribution in [0.3, 0.4) is 0 Å². The van der Waals surface area contributed by atoms with Gasteiger partial charge in [0.1, 0.15) is 17.7 Å². The average molecular weight is 431 g/mol. The molecule has 2 aromatic heterocycles. The predicted octanol–water partition coefficient (Wildman–Crippen LogP) is 3.69. The summed E-state index contributed by atoms with van der Waals surface area (Å²) in [5.74, 6) is 0.524. The Balaban J connectivity index is 1.25. The fraction of sp³-hybridized carbons (Fsp3) is 0.250. The van der Waals surface area contributed by atoms with Gasteiger partial charge in [-0.1, -0.05) is 24.3 Å². The molecule has 1 fully saturated rings. The molecule has 1 atom stereocenters. The largest absolute Gasteiger partial charge is 0.368 e.